The van der Waals surface area contributed by atoms with E-state index in [0.29, 0.717) is 5.28 Å². The quantitative estimate of drug-likeness (QED) is 0.654. The summed E-state index contributed by atoms with van der Waals surface area (Å²) in [6.07, 6.45) is 0. The Morgan fingerprint density at radius 1 is 1.19 bits per heavy atom. The fourth-order valence-corrected chi connectivity index (χ4v) is 3.47. The third-order valence-electron chi connectivity index (χ3n) is 3.37. The van der Waals surface area contributed by atoms with Gasteiger partial charge in [-0.3, -0.25) is 0 Å². The van der Waals surface area contributed by atoms with Crippen LogP contribution in [0.15, 0.2) is 36.4 Å². The van der Waals surface area contributed by atoms with Crippen molar-refractivity contribution in [2.75, 3.05) is 11.4 Å². The zero-order valence-electron chi connectivity index (χ0n) is 12.0. The van der Waals surface area contributed by atoms with Gasteiger partial charge in [-0.25, -0.2) is 4.98 Å². The monoisotopic (exact) mass is 317 g/mol. The summed E-state index contributed by atoms with van der Waals surface area (Å²) >= 11 is 7.75. The molecule has 0 radical (unpaired) electrons. The second kappa shape index (κ2) is 6.00. The fraction of sp³-hybridized carbons (Fsp3) is 0.250. The number of halogens is 1. The topological polar surface area (TPSA) is 29.0 Å². The molecule has 2 heterocycles. The lowest BCUT2D eigenvalue weighted by Crippen LogP contribution is -2.23. The lowest BCUT2D eigenvalue weighted by molar-refractivity contribution is 0.817. The van der Waals surface area contributed by atoms with Crippen molar-refractivity contribution in [3.05, 3.63) is 52.1 Å². The maximum Gasteiger partial charge on any atom is 0.225 e. The van der Waals surface area contributed by atoms with Crippen LogP contribution in [0.2, 0.25) is 5.28 Å². The lowest BCUT2D eigenvalue weighted by atomic mass is 10.2. The van der Waals surface area contributed by atoms with Gasteiger partial charge < -0.3 is 4.90 Å². The number of hydrogen-bond donors (Lipinski definition) is 0. The molecule has 0 amide bonds. The smallest absolute Gasteiger partial charge is 0.225 e. The van der Waals surface area contributed by atoms with Crippen molar-refractivity contribution in [3.63, 3.8) is 0 Å². The average Bonchev–Trinajstić information content (AvgIpc) is 2.85. The second-order valence-corrected chi connectivity index (χ2v) is 6.46. The molecule has 5 heteroatoms. The molecule has 0 saturated heterocycles. The Hall–Kier alpha value is -1.65. The first-order chi connectivity index (χ1) is 10.2. The minimum atomic E-state index is 0.311. The number of rotatable bonds is 4. The minimum Gasteiger partial charge on any atom is -0.352 e. The summed E-state index contributed by atoms with van der Waals surface area (Å²) in [5.74, 6) is 0.917. The normalized spacial score (nSPS) is 11.0. The van der Waals surface area contributed by atoms with Crippen LogP contribution in [0.4, 0.5) is 5.82 Å². The van der Waals surface area contributed by atoms with Gasteiger partial charge in [0, 0.05) is 18.0 Å². The van der Waals surface area contributed by atoms with E-state index < -0.39 is 0 Å². The third kappa shape index (κ3) is 3.01. The van der Waals surface area contributed by atoms with Crippen molar-refractivity contribution in [1.82, 2.24) is 9.97 Å². The Labute approximate surface area is 133 Å². The minimum absolute atomic E-state index is 0.311. The fourth-order valence-electron chi connectivity index (χ4n) is 2.38. The Morgan fingerprint density at radius 2 is 1.95 bits per heavy atom. The number of hydrogen-bond acceptors (Lipinski definition) is 4. The van der Waals surface area contributed by atoms with Crippen molar-refractivity contribution >= 4 is 39.0 Å². The highest BCUT2D eigenvalue weighted by Gasteiger charge is 2.15. The van der Waals surface area contributed by atoms with Crippen LogP contribution in [0.5, 0.6) is 0 Å². The SMILES string of the molecule is CCN(Cc1ccccc1)c1nc(Cl)nc2sc(C)cc12. The Kier molecular flexibility index (Phi) is 4.08. The molecule has 0 spiro atoms. The van der Waals surface area contributed by atoms with Gasteiger partial charge in [0.15, 0.2) is 0 Å². The molecule has 0 bridgehead atoms. The van der Waals surface area contributed by atoms with Gasteiger partial charge in [0.25, 0.3) is 0 Å². The average molecular weight is 318 g/mol. The first kappa shape index (κ1) is 14.3. The molecule has 108 valence electrons. The van der Waals surface area contributed by atoms with Crippen molar-refractivity contribution < 1.29 is 0 Å². The summed E-state index contributed by atoms with van der Waals surface area (Å²) in [6, 6.07) is 12.5. The molecule has 2 aromatic heterocycles. The van der Waals surface area contributed by atoms with Crippen LogP contribution >= 0.6 is 22.9 Å². The van der Waals surface area contributed by atoms with Gasteiger partial charge in [-0.2, -0.15) is 4.98 Å². The summed E-state index contributed by atoms with van der Waals surface area (Å²) < 4.78 is 0. The molecule has 3 rings (SSSR count). The maximum atomic E-state index is 6.09. The molecule has 21 heavy (non-hydrogen) atoms. The molecule has 0 aliphatic carbocycles. The van der Waals surface area contributed by atoms with Crippen LogP contribution in [0.25, 0.3) is 10.2 Å². The van der Waals surface area contributed by atoms with Gasteiger partial charge in [-0.15, -0.1) is 11.3 Å². The molecule has 0 saturated carbocycles. The number of aromatic nitrogens is 2. The zero-order chi connectivity index (χ0) is 14.8. The summed E-state index contributed by atoms with van der Waals surface area (Å²) in [5, 5.41) is 1.39. The van der Waals surface area contributed by atoms with Gasteiger partial charge in [-0.1, -0.05) is 30.3 Å². The van der Waals surface area contributed by atoms with Crippen LogP contribution in [0.1, 0.15) is 17.4 Å². The molecule has 1 aromatic carbocycles. The number of fused-ring (bicyclic) bond motifs is 1. The van der Waals surface area contributed by atoms with E-state index in [0.717, 1.165) is 29.1 Å². The predicted octanol–water partition coefficient (Wildman–Crippen LogP) is 4.68. The van der Waals surface area contributed by atoms with Gasteiger partial charge in [0.1, 0.15) is 10.6 Å². The summed E-state index contributed by atoms with van der Waals surface area (Å²) in [7, 11) is 0. The largest absolute Gasteiger partial charge is 0.352 e. The molecule has 0 atom stereocenters. The zero-order valence-corrected chi connectivity index (χ0v) is 13.6. The molecule has 0 unspecified atom stereocenters. The first-order valence-electron chi connectivity index (χ1n) is 6.90. The number of thiophene rings is 1. The summed E-state index contributed by atoms with van der Waals surface area (Å²) in [4.78, 5) is 13.2. The van der Waals surface area contributed by atoms with Gasteiger partial charge in [-0.05, 0) is 37.1 Å². The van der Waals surface area contributed by atoms with Crippen LogP contribution in [0, 0.1) is 6.92 Å². The Bertz CT molecular complexity index is 755. The highest BCUT2D eigenvalue weighted by atomic mass is 35.5. The van der Waals surface area contributed by atoms with E-state index in [1.165, 1.54) is 10.4 Å². The second-order valence-electron chi connectivity index (χ2n) is 4.89. The van der Waals surface area contributed by atoms with Crippen molar-refractivity contribution in [2.24, 2.45) is 0 Å². The molecular weight excluding hydrogens is 302 g/mol. The number of aryl methyl sites for hydroxylation is 1. The van der Waals surface area contributed by atoms with E-state index in [1.54, 1.807) is 11.3 Å². The standard InChI is InChI=1S/C16H16ClN3S/c1-3-20(10-12-7-5-4-6-8-12)14-13-9-11(2)21-15(13)19-16(17)18-14/h4-9H,3,10H2,1-2H3. The molecule has 3 aromatic rings. The molecule has 0 N–H and O–H groups in total. The summed E-state index contributed by atoms with van der Waals surface area (Å²) in [6.45, 7) is 5.89. The van der Waals surface area contributed by atoms with E-state index in [1.807, 2.05) is 6.07 Å². The van der Waals surface area contributed by atoms with Gasteiger partial charge >= 0.3 is 0 Å². The highest BCUT2D eigenvalue weighted by molar-refractivity contribution is 7.18. The van der Waals surface area contributed by atoms with Crippen LogP contribution < -0.4 is 4.90 Å². The number of benzene rings is 1. The molecule has 3 nitrogen and oxygen atoms in total. The van der Waals surface area contributed by atoms with Crippen molar-refractivity contribution in [3.8, 4) is 0 Å². The van der Waals surface area contributed by atoms with Crippen LogP contribution in [-0.4, -0.2) is 16.5 Å². The first-order valence-corrected chi connectivity index (χ1v) is 8.09. The number of anilines is 1. The predicted molar refractivity (Wildman–Crippen MR) is 90.3 cm³/mol. The van der Waals surface area contributed by atoms with Crippen LogP contribution in [-0.2, 0) is 6.54 Å². The van der Waals surface area contributed by atoms with E-state index >= 15 is 0 Å². The lowest BCUT2D eigenvalue weighted by Gasteiger charge is -2.22. The molecule has 0 aliphatic rings. The van der Waals surface area contributed by atoms with Gasteiger partial charge in [0.05, 0.1) is 5.39 Å². The molecule has 0 aliphatic heterocycles. The Balaban J connectivity index is 2.04. The van der Waals surface area contributed by atoms with E-state index in [9.17, 15) is 0 Å². The Morgan fingerprint density at radius 3 is 2.67 bits per heavy atom. The number of nitrogens with zero attached hydrogens (tertiary/aromatic N) is 3. The van der Waals surface area contributed by atoms with Crippen LogP contribution in [0.3, 0.4) is 0 Å². The van der Waals surface area contributed by atoms with Crippen molar-refractivity contribution in [1.29, 1.82) is 0 Å². The summed E-state index contributed by atoms with van der Waals surface area (Å²) in [5.41, 5.74) is 1.26. The molecule has 0 fully saturated rings. The van der Waals surface area contributed by atoms with E-state index in [4.69, 9.17) is 11.6 Å². The molecular formula is C16H16ClN3S. The highest BCUT2D eigenvalue weighted by Crippen LogP contribution is 2.32. The van der Waals surface area contributed by atoms with E-state index in [-0.39, 0.29) is 0 Å². The maximum absolute atomic E-state index is 6.09. The van der Waals surface area contributed by atoms with Crippen molar-refractivity contribution in [2.45, 2.75) is 20.4 Å². The van der Waals surface area contributed by atoms with Gasteiger partial charge in [0.2, 0.25) is 5.28 Å². The van der Waals surface area contributed by atoms with E-state index in [2.05, 4.69) is 59.0 Å². The third-order valence-corrected chi connectivity index (χ3v) is 4.48.